The van der Waals surface area contributed by atoms with Gasteiger partial charge in [-0.2, -0.15) is 0 Å². The lowest BCUT2D eigenvalue weighted by molar-refractivity contribution is 0.334. The van der Waals surface area contributed by atoms with Crippen molar-refractivity contribution in [2.75, 3.05) is 6.61 Å². The summed E-state index contributed by atoms with van der Waals surface area (Å²) < 4.78 is 11.3. The first-order valence-electron chi connectivity index (χ1n) is 6.11. The van der Waals surface area contributed by atoms with Crippen LogP contribution in [0.2, 0.25) is 58.9 Å². The van der Waals surface area contributed by atoms with E-state index < -0.39 is 25.0 Å². The molecular formula is C11H32O2Si3. The fourth-order valence-corrected chi connectivity index (χ4v) is 9.57. The third kappa shape index (κ3) is 24.0. The number of rotatable bonds is 4. The lowest BCUT2D eigenvalue weighted by Gasteiger charge is -2.27. The van der Waals surface area contributed by atoms with E-state index in [2.05, 4.69) is 58.9 Å². The molecule has 100 valence electrons. The smallest absolute Gasteiger partial charge is 0.183 e. The highest BCUT2D eigenvalue weighted by Crippen LogP contribution is 2.12. The van der Waals surface area contributed by atoms with Gasteiger partial charge in [0.2, 0.25) is 0 Å². The molecule has 0 aromatic carbocycles. The predicted molar refractivity (Wildman–Crippen MR) is 82.7 cm³/mol. The molecule has 0 saturated carbocycles. The quantitative estimate of drug-likeness (QED) is 0.704. The molecule has 0 aliphatic rings. The van der Waals surface area contributed by atoms with Crippen molar-refractivity contribution in [1.29, 1.82) is 0 Å². The molecule has 0 aliphatic heterocycles. The maximum Gasteiger partial charge on any atom is 0.183 e. The van der Waals surface area contributed by atoms with E-state index in [4.69, 9.17) is 8.54 Å². The molecule has 0 saturated heterocycles. The van der Waals surface area contributed by atoms with E-state index in [1.165, 1.54) is 0 Å². The van der Waals surface area contributed by atoms with Crippen LogP contribution in [-0.2, 0) is 8.54 Å². The Kier molecular flexibility index (Phi) is 8.40. The topological polar surface area (TPSA) is 18.5 Å². The van der Waals surface area contributed by atoms with Crippen LogP contribution in [0.3, 0.4) is 0 Å². The van der Waals surface area contributed by atoms with Crippen molar-refractivity contribution in [3.8, 4) is 0 Å². The van der Waals surface area contributed by atoms with Crippen LogP contribution < -0.4 is 0 Å². The summed E-state index contributed by atoms with van der Waals surface area (Å²) in [4.78, 5) is 0. The van der Waals surface area contributed by atoms with Crippen LogP contribution in [0.1, 0.15) is 6.92 Å². The van der Waals surface area contributed by atoms with E-state index in [1.54, 1.807) is 0 Å². The molecule has 0 rings (SSSR count). The van der Waals surface area contributed by atoms with Crippen molar-refractivity contribution in [2.45, 2.75) is 65.8 Å². The molecule has 0 fully saturated rings. The maximum atomic E-state index is 5.90. The second kappa shape index (κ2) is 7.10. The van der Waals surface area contributed by atoms with Gasteiger partial charge in [-0.15, -0.1) is 0 Å². The lowest BCUT2D eigenvalue weighted by atomic mass is 10.9. The summed E-state index contributed by atoms with van der Waals surface area (Å²) in [6.07, 6.45) is 0. The van der Waals surface area contributed by atoms with Crippen LogP contribution in [-0.4, -0.2) is 31.6 Å². The summed E-state index contributed by atoms with van der Waals surface area (Å²) in [7, 11) is -3.62. The van der Waals surface area contributed by atoms with E-state index in [0.717, 1.165) is 6.61 Å². The molecule has 5 heteroatoms. The van der Waals surface area contributed by atoms with Crippen molar-refractivity contribution in [1.82, 2.24) is 0 Å². The van der Waals surface area contributed by atoms with Gasteiger partial charge >= 0.3 is 0 Å². The summed E-state index contributed by atoms with van der Waals surface area (Å²) in [6, 6.07) is 0. The summed E-state index contributed by atoms with van der Waals surface area (Å²) in [5, 5.41) is 0. The van der Waals surface area contributed by atoms with Crippen molar-refractivity contribution in [3.63, 3.8) is 0 Å². The highest BCUT2D eigenvalue weighted by molar-refractivity contribution is 6.83. The molecule has 0 amide bonds. The van der Waals surface area contributed by atoms with Gasteiger partial charge in [0.05, 0.1) is 0 Å². The monoisotopic (exact) mass is 280 g/mol. The molecule has 0 aromatic rings. The Labute approximate surface area is 106 Å². The molecule has 16 heavy (non-hydrogen) atoms. The minimum absolute atomic E-state index is 0.871. The average molecular weight is 281 g/mol. The minimum Gasteiger partial charge on any atom is -0.456 e. The third-order valence-electron chi connectivity index (χ3n) is 1.19. The third-order valence-corrected chi connectivity index (χ3v) is 7.24. The molecule has 0 bridgehead atoms. The van der Waals surface area contributed by atoms with E-state index in [1.807, 2.05) is 6.92 Å². The molecule has 2 nitrogen and oxygen atoms in total. The van der Waals surface area contributed by atoms with Crippen molar-refractivity contribution >= 4 is 25.0 Å². The summed E-state index contributed by atoms with van der Waals surface area (Å²) in [5.74, 6) is 0. The van der Waals surface area contributed by atoms with Gasteiger partial charge in [0, 0.05) is 6.61 Å². The van der Waals surface area contributed by atoms with Crippen LogP contribution in [0.25, 0.3) is 0 Å². The van der Waals surface area contributed by atoms with Crippen LogP contribution >= 0.6 is 0 Å². The average Bonchev–Trinajstić information content (AvgIpc) is 1.73. The Balaban J connectivity index is 0. The lowest BCUT2D eigenvalue weighted by Crippen LogP contribution is -2.39. The Morgan fingerprint density at radius 2 is 0.938 bits per heavy atom. The summed E-state index contributed by atoms with van der Waals surface area (Å²) in [5.41, 5.74) is 0. The Morgan fingerprint density at radius 3 is 0.938 bits per heavy atom. The minimum atomic E-state index is -1.23. The second-order valence-corrected chi connectivity index (χ2v) is 20.7. The molecule has 0 spiro atoms. The highest BCUT2D eigenvalue weighted by atomic mass is 28.4. The van der Waals surface area contributed by atoms with Gasteiger partial charge in [0.15, 0.2) is 25.0 Å². The van der Waals surface area contributed by atoms with Crippen molar-refractivity contribution in [3.05, 3.63) is 0 Å². The Morgan fingerprint density at radius 1 is 0.625 bits per heavy atom. The van der Waals surface area contributed by atoms with Gasteiger partial charge in [-0.05, 0) is 65.8 Å². The first-order valence-corrected chi connectivity index (χ1v) is 16.3. The number of hydrogen-bond donors (Lipinski definition) is 0. The van der Waals surface area contributed by atoms with Crippen LogP contribution in [0.5, 0.6) is 0 Å². The van der Waals surface area contributed by atoms with E-state index in [9.17, 15) is 0 Å². The number of hydrogen-bond acceptors (Lipinski definition) is 2. The standard InChI is InChI=1S/C6H18OSi2.C5H14OSi/c1-8(2,3)7-9(4,5)6;1-5-6-7(2,3)4/h1-6H3;5H2,1-4H3. The fourth-order valence-electron chi connectivity index (χ4n) is 1.35. The molecule has 0 atom stereocenters. The molecule has 0 aromatic heterocycles. The molecule has 0 heterocycles. The Bertz CT molecular complexity index is 163. The van der Waals surface area contributed by atoms with Gasteiger partial charge in [0.25, 0.3) is 0 Å². The van der Waals surface area contributed by atoms with E-state index in [-0.39, 0.29) is 0 Å². The highest BCUT2D eigenvalue weighted by Gasteiger charge is 2.24. The largest absolute Gasteiger partial charge is 0.456 e. The fraction of sp³-hybridized carbons (Fsp3) is 1.00. The molecular weight excluding hydrogens is 248 g/mol. The van der Waals surface area contributed by atoms with E-state index >= 15 is 0 Å². The molecule has 0 N–H and O–H groups in total. The molecule has 0 aliphatic carbocycles. The summed E-state index contributed by atoms with van der Waals surface area (Å²) in [6.45, 7) is 22.9. The zero-order valence-electron chi connectivity index (χ0n) is 13.0. The second-order valence-electron chi connectivity index (χ2n) is 6.87. The normalized spacial score (nSPS) is 13.1. The summed E-state index contributed by atoms with van der Waals surface area (Å²) >= 11 is 0. The predicted octanol–water partition coefficient (Wildman–Crippen LogP) is 4.53. The van der Waals surface area contributed by atoms with Gasteiger partial charge in [0.1, 0.15) is 0 Å². The van der Waals surface area contributed by atoms with Gasteiger partial charge in [-0.25, -0.2) is 0 Å². The zero-order valence-corrected chi connectivity index (χ0v) is 16.0. The molecule has 0 radical (unpaired) electrons. The maximum absolute atomic E-state index is 5.90. The van der Waals surface area contributed by atoms with E-state index in [0.29, 0.717) is 0 Å². The molecule has 0 unspecified atom stereocenters. The van der Waals surface area contributed by atoms with Gasteiger partial charge in [-0.1, -0.05) is 0 Å². The van der Waals surface area contributed by atoms with Crippen LogP contribution in [0.4, 0.5) is 0 Å². The Hall–Kier alpha value is 0.571. The van der Waals surface area contributed by atoms with Crippen LogP contribution in [0, 0.1) is 0 Å². The first kappa shape index (κ1) is 18.9. The zero-order chi connectivity index (χ0) is 13.6. The SMILES string of the molecule is CCO[Si](C)(C)C.C[Si](C)(C)O[Si](C)(C)C. The van der Waals surface area contributed by atoms with Crippen molar-refractivity contribution in [2.24, 2.45) is 0 Å². The van der Waals surface area contributed by atoms with Crippen molar-refractivity contribution < 1.29 is 8.54 Å². The van der Waals surface area contributed by atoms with Gasteiger partial charge < -0.3 is 8.54 Å². The van der Waals surface area contributed by atoms with Crippen LogP contribution in [0.15, 0.2) is 0 Å². The van der Waals surface area contributed by atoms with Gasteiger partial charge in [-0.3, -0.25) is 0 Å². The first-order chi connectivity index (χ1) is 6.77.